The molecule has 2 aromatic carbocycles. The summed E-state index contributed by atoms with van der Waals surface area (Å²) in [5.74, 6) is -0.115. The number of carbonyl (C=O) groups excluding carboxylic acids is 2. The number of para-hydroxylation sites is 1. The number of furan rings is 1. The number of carbonyl (C=O) groups is 2. The number of nitrogens with one attached hydrogen (secondary N) is 1. The van der Waals surface area contributed by atoms with Crippen LogP contribution in [0.15, 0.2) is 53.0 Å². The number of rotatable bonds is 5. The van der Waals surface area contributed by atoms with Crippen molar-refractivity contribution >= 4 is 46.1 Å². The molecule has 0 spiro atoms. The Bertz CT molecular complexity index is 1020. The number of aryl methyl sites for hydroxylation is 1. The van der Waals surface area contributed by atoms with E-state index in [-0.39, 0.29) is 16.5 Å². The quantitative estimate of drug-likeness (QED) is 0.654. The second-order valence-electron chi connectivity index (χ2n) is 5.67. The van der Waals surface area contributed by atoms with Crippen LogP contribution in [-0.4, -0.2) is 11.8 Å². The van der Waals surface area contributed by atoms with E-state index in [0.717, 1.165) is 28.7 Å². The summed E-state index contributed by atoms with van der Waals surface area (Å²) in [6.07, 6.45) is 3.89. The topological polar surface area (TPSA) is 85.3 Å². The molecule has 6 heteroatoms. The number of anilines is 1. The molecule has 1 heterocycles. The monoisotopic (exact) mass is 368 g/mol. The zero-order valence-corrected chi connectivity index (χ0v) is 14.8. The Kier molecular flexibility index (Phi) is 5.09. The summed E-state index contributed by atoms with van der Waals surface area (Å²) in [4.78, 5) is 23.4. The minimum absolute atomic E-state index is 0.188. The fourth-order valence-corrected chi connectivity index (χ4v) is 2.97. The number of hydrogen-bond acceptors (Lipinski definition) is 3. The molecule has 26 heavy (non-hydrogen) atoms. The van der Waals surface area contributed by atoms with Crippen LogP contribution in [0.2, 0.25) is 5.02 Å². The summed E-state index contributed by atoms with van der Waals surface area (Å²) in [6, 6.07) is 12.2. The van der Waals surface area contributed by atoms with Crippen molar-refractivity contribution in [2.75, 3.05) is 5.32 Å². The number of fused-ring (bicyclic) bond motifs is 1. The fourth-order valence-electron chi connectivity index (χ4n) is 2.70. The number of hydrogen-bond donors (Lipinski definition) is 2. The summed E-state index contributed by atoms with van der Waals surface area (Å²) in [6.45, 7) is 2.00. The molecule has 3 aromatic rings. The summed E-state index contributed by atoms with van der Waals surface area (Å²) in [5.41, 5.74) is 7.57. The predicted molar refractivity (Wildman–Crippen MR) is 103 cm³/mol. The summed E-state index contributed by atoms with van der Waals surface area (Å²) >= 11 is 5.99. The third-order valence-corrected chi connectivity index (χ3v) is 4.25. The van der Waals surface area contributed by atoms with Crippen LogP contribution in [0, 0.1) is 0 Å². The van der Waals surface area contributed by atoms with Crippen LogP contribution in [0.1, 0.15) is 28.6 Å². The first-order chi connectivity index (χ1) is 12.5. The normalized spacial score (nSPS) is 11.2. The van der Waals surface area contributed by atoms with Crippen LogP contribution < -0.4 is 11.1 Å². The van der Waals surface area contributed by atoms with Crippen molar-refractivity contribution in [3.63, 3.8) is 0 Å². The molecule has 132 valence electrons. The van der Waals surface area contributed by atoms with E-state index in [1.54, 1.807) is 12.1 Å². The molecular weight excluding hydrogens is 352 g/mol. The van der Waals surface area contributed by atoms with E-state index in [1.165, 1.54) is 18.2 Å². The molecule has 0 aliphatic carbocycles. The van der Waals surface area contributed by atoms with Crippen LogP contribution in [0.5, 0.6) is 0 Å². The molecule has 0 aliphatic heterocycles. The Balaban J connectivity index is 1.80. The second kappa shape index (κ2) is 7.45. The van der Waals surface area contributed by atoms with Gasteiger partial charge in [-0.2, -0.15) is 0 Å². The van der Waals surface area contributed by atoms with Gasteiger partial charge in [0.2, 0.25) is 11.8 Å². The first-order valence-electron chi connectivity index (χ1n) is 8.08. The van der Waals surface area contributed by atoms with Crippen molar-refractivity contribution in [3.05, 3.63) is 70.5 Å². The van der Waals surface area contributed by atoms with Gasteiger partial charge in [-0.15, -0.1) is 0 Å². The van der Waals surface area contributed by atoms with Crippen molar-refractivity contribution in [2.24, 2.45) is 5.73 Å². The number of primary amides is 1. The van der Waals surface area contributed by atoms with Crippen LogP contribution in [0.3, 0.4) is 0 Å². The standard InChI is InChI=1S/C20H17ClN2O3/c1-2-17-14(13-5-3-4-6-18(13)26-17)9-10-19(24)23-12-7-8-15(20(22)25)16(21)11-12/h3-11H,2H2,1H3,(H2,22,25)(H,23,24)/b10-9+. The maximum atomic E-state index is 12.2. The lowest BCUT2D eigenvalue weighted by Gasteiger charge is -2.05. The lowest BCUT2D eigenvalue weighted by molar-refractivity contribution is -0.111. The van der Waals surface area contributed by atoms with E-state index in [2.05, 4.69) is 5.32 Å². The molecule has 0 saturated heterocycles. The molecular formula is C20H17ClN2O3. The molecule has 0 fully saturated rings. The minimum Gasteiger partial charge on any atom is -0.460 e. The van der Waals surface area contributed by atoms with Gasteiger partial charge in [0.25, 0.3) is 0 Å². The molecule has 0 saturated carbocycles. The smallest absolute Gasteiger partial charge is 0.250 e. The van der Waals surface area contributed by atoms with Gasteiger partial charge in [0.05, 0.1) is 10.6 Å². The largest absolute Gasteiger partial charge is 0.460 e. The van der Waals surface area contributed by atoms with Gasteiger partial charge in [-0.05, 0) is 30.3 Å². The first-order valence-corrected chi connectivity index (χ1v) is 8.46. The van der Waals surface area contributed by atoms with E-state index < -0.39 is 5.91 Å². The molecule has 5 nitrogen and oxygen atoms in total. The Morgan fingerprint density at radius 1 is 1.23 bits per heavy atom. The first kappa shape index (κ1) is 17.8. The van der Waals surface area contributed by atoms with E-state index in [0.29, 0.717) is 5.69 Å². The highest BCUT2D eigenvalue weighted by molar-refractivity contribution is 6.34. The van der Waals surface area contributed by atoms with Crippen LogP contribution in [0.25, 0.3) is 17.0 Å². The summed E-state index contributed by atoms with van der Waals surface area (Å²) in [5, 5.41) is 3.85. The van der Waals surface area contributed by atoms with Crippen molar-refractivity contribution in [2.45, 2.75) is 13.3 Å². The van der Waals surface area contributed by atoms with Crippen LogP contribution >= 0.6 is 11.6 Å². The average molecular weight is 369 g/mol. The highest BCUT2D eigenvalue weighted by atomic mass is 35.5. The lowest BCUT2D eigenvalue weighted by atomic mass is 10.1. The average Bonchev–Trinajstić information content (AvgIpc) is 2.97. The molecule has 0 bridgehead atoms. The Hall–Kier alpha value is -3.05. The van der Waals surface area contributed by atoms with Gasteiger partial charge >= 0.3 is 0 Å². The number of benzene rings is 2. The van der Waals surface area contributed by atoms with E-state index in [1.807, 2.05) is 31.2 Å². The summed E-state index contributed by atoms with van der Waals surface area (Å²) in [7, 11) is 0. The molecule has 0 atom stereocenters. The Labute approximate surface area is 155 Å². The molecule has 1 aromatic heterocycles. The molecule has 0 aliphatic rings. The number of halogens is 1. The van der Waals surface area contributed by atoms with Gasteiger partial charge < -0.3 is 15.5 Å². The predicted octanol–water partition coefficient (Wildman–Crippen LogP) is 4.40. The van der Waals surface area contributed by atoms with Crippen molar-refractivity contribution in [1.29, 1.82) is 0 Å². The number of nitrogens with two attached hydrogens (primary N) is 1. The SMILES string of the molecule is CCc1oc2ccccc2c1/C=C/C(=O)Nc1ccc(C(N)=O)c(Cl)c1. The summed E-state index contributed by atoms with van der Waals surface area (Å²) < 4.78 is 5.81. The maximum Gasteiger partial charge on any atom is 0.250 e. The molecule has 3 N–H and O–H groups in total. The molecule has 2 amide bonds. The minimum atomic E-state index is -0.619. The Morgan fingerprint density at radius 2 is 2.00 bits per heavy atom. The van der Waals surface area contributed by atoms with Gasteiger partial charge in [-0.1, -0.05) is 36.7 Å². The van der Waals surface area contributed by atoms with E-state index >= 15 is 0 Å². The third-order valence-electron chi connectivity index (χ3n) is 3.94. The fraction of sp³-hybridized carbons (Fsp3) is 0.100. The third kappa shape index (κ3) is 3.63. The van der Waals surface area contributed by atoms with Gasteiger partial charge in [0.15, 0.2) is 0 Å². The van der Waals surface area contributed by atoms with E-state index in [9.17, 15) is 9.59 Å². The van der Waals surface area contributed by atoms with Gasteiger partial charge in [-0.25, -0.2) is 0 Å². The highest BCUT2D eigenvalue weighted by Gasteiger charge is 2.11. The molecule has 3 rings (SSSR count). The van der Waals surface area contributed by atoms with Gasteiger partial charge in [0.1, 0.15) is 11.3 Å². The lowest BCUT2D eigenvalue weighted by Crippen LogP contribution is -2.12. The van der Waals surface area contributed by atoms with Gasteiger partial charge in [-0.3, -0.25) is 9.59 Å². The van der Waals surface area contributed by atoms with Crippen LogP contribution in [-0.2, 0) is 11.2 Å². The Morgan fingerprint density at radius 3 is 2.69 bits per heavy atom. The zero-order chi connectivity index (χ0) is 18.7. The maximum absolute atomic E-state index is 12.2. The highest BCUT2D eigenvalue weighted by Crippen LogP contribution is 2.27. The second-order valence-corrected chi connectivity index (χ2v) is 6.08. The van der Waals surface area contributed by atoms with Gasteiger partial charge in [0, 0.05) is 29.1 Å². The van der Waals surface area contributed by atoms with Crippen molar-refractivity contribution in [3.8, 4) is 0 Å². The molecule has 0 unspecified atom stereocenters. The number of amides is 2. The van der Waals surface area contributed by atoms with Crippen molar-refractivity contribution < 1.29 is 14.0 Å². The molecule has 0 radical (unpaired) electrons. The zero-order valence-electron chi connectivity index (χ0n) is 14.1. The van der Waals surface area contributed by atoms with E-state index in [4.69, 9.17) is 21.8 Å². The van der Waals surface area contributed by atoms with Crippen LogP contribution in [0.4, 0.5) is 5.69 Å². The van der Waals surface area contributed by atoms with Crippen molar-refractivity contribution in [1.82, 2.24) is 0 Å².